The topological polar surface area (TPSA) is 94.7 Å². The van der Waals surface area contributed by atoms with Gasteiger partial charge in [-0.25, -0.2) is 9.97 Å². The largest absolute Gasteiger partial charge is 0.341 e. The standard InChI is InChI=1S/C19H25N5O2/c1-18(2,3)17-22-14-12(15(25)23-17)4-5-19(14)6-8-24(9-7-19)16(26)13-10-20-11-21-13/h10-11H,4-9H2,1-3H3,(H,20,21)(H,22,23,25). The molecule has 138 valence electrons. The zero-order chi connectivity index (χ0) is 18.5. The van der Waals surface area contributed by atoms with E-state index in [4.69, 9.17) is 4.98 Å². The zero-order valence-corrected chi connectivity index (χ0v) is 15.6. The van der Waals surface area contributed by atoms with E-state index >= 15 is 0 Å². The predicted octanol–water partition coefficient (Wildman–Crippen LogP) is 1.91. The zero-order valence-electron chi connectivity index (χ0n) is 15.6. The fraction of sp³-hybridized carbons (Fsp3) is 0.579. The Labute approximate surface area is 152 Å². The molecule has 2 aromatic heterocycles. The first-order valence-electron chi connectivity index (χ1n) is 9.22. The third-order valence-corrected chi connectivity index (χ3v) is 5.82. The summed E-state index contributed by atoms with van der Waals surface area (Å²) < 4.78 is 0. The van der Waals surface area contributed by atoms with Crippen LogP contribution in [0.2, 0.25) is 0 Å². The molecule has 0 bridgehead atoms. The molecule has 0 radical (unpaired) electrons. The van der Waals surface area contributed by atoms with Crippen LogP contribution in [0, 0.1) is 0 Å². The van der Waals surface area contributed by atoms with Gasteiger partial charge in [0.05, 0.1) is 18.2 Å². The smallest absolute Gasteiger partial charge is 0.271 e. The average molecular weight is 355 g/mol. The van der Waals surface area contributed by atoms with Crippen molar-refractivity contribution in [2.24, 2.45) is 0 Å². The molecular formula is C19H25N5O2. The van der Waals surface area contributed by atoms with E-state index in [1.165, 1.54) is 6.33 Å². The molecule has 7 heteroatoms. The molecule has 26 heavy (non-hydrogen) atoms. The number of imidazole rings is 1. The van der Waals surface area contributed by atoms with Crippen LogP contribution in [0.4, 0.5) is 0 Å². The molecule has 1 spiro atoms. The van der Waals surface area contributed by atoms with E-state index < -0.39 is 0 Å². The SMILES string of the molecule is CC(C)(C)c1nc2c(c(=O)[nH]1)CCC21CCN(C(=O)c2cnc[nH]2)CC1. The van der Waals surface area contributed by atoms with Crippen molar-refractivity contribution in [1.82, 2.24) is 24.8 Å². The van der Waals surface area contributed by atoms with E-state index in [9.17, 15) is 9.59 Å². The third-order valence-electron chi connectivity index (χ3n) is 5.82. The summed E-state index contributed by atoms with van der Waals surface area (Å²) in [6.45, 7) is 7.54. The lowest BCUT2D eigenvalue weighted by Gasteiger charge is -2.39. The minimum absolute atomic E-state index is 0.00719. The summed E-state index contributed by atoms with van der Waals surface area (Å²) in [6, 6.07) is 0. The molecule has 1 fully saturated rings. The fourth-order valence-corrected chi connectivity index (χ4v) is 4.17. The van der Waals surface area contributed by atoms with Crippen LogP contribution >= 0.6 is 0 Å². The average Bonchev–Trinajstić information content (AvgIpc) is 3.24. The van der Waals surface area contributed by atoms with Crippen LogP contribution in [0.25, 0.3) is 0 Å². The molecule has 1 aliphatic carbocycles. The maximum atomic E-state index is 12.6. The number of aromatic nitrogens is 4. The first-order valence-corrected chi connectivity index (χ1v) is 9.22. The minimum atomic E-state index is -0.199. The Hall–Kier alpha value is -2.44. The van der Waals surface area contributed by atoms with Gasteiger partial charge in [0.1, 0.15) is 11.5 Å². The van der Waals surface area contributed by atoms with Gasteiger partial charge in [-0.15, -0.1) is 0 Å². The van der Waals surface area contributed by atoms with Crippen molar-refractivity contribution in [3.8, 4) is 0 Å². The Balaban J connectivity index is 1.61. The van der Waals surface area contributed by atoms with E-state index in [0.29, 0.717) is 18.8 Å². The number of fused-ring (bicyclic) bond motifs is 2. The summed E-state index contributed by atoms with van der Waals surface area (Å²) >= 11 is 0. The van der Waals surface area contributed by atoms with Crippen LogP contribution in [-0.2, 0) is 17.3 Å². The molecule has 2 aromatic rings. The maximum absolute atomic E-state index is 12.6. The van der Waals surface area contributed by atoms with Gasteiger partial charge < -0.3 is 14.9 Å². The lowest BCUT2D eigenvalue weighted by molar-refractivity contribution is 0.0658. The minimum Gasteiger partial charge on any atom is -0.341 e. The number of piperidine rings is 1. The van der Waals surface area contributed by atoms with Crippen molar-refractivity contribution >= 4 is 5.91 Å². The van der Waals surface area contributed by atoms with E-state index in [2.05, 4.69) is 35.7 Å². The van der Waals surface area contributed by atoms with Crippen molar-refractivity contribution in [2.75, 3.05) is 13.1 Å². The Morgan fingerprint density at radius 3 is 2.58 bits per heavy atom. The first kappa shape index (κ1) is 17.0. The molecular weight excluding hydrogens is 330 g/mol. The van der Waals surface area contributed by atoms with Gasteiger partial charge in [-0.3, -0.25) is 9.59 Å². The highest BCUT2D eigenvalue weighted by Gasteiger charge is 2.45. The second kappa shape index (κ2) is 5.79. The molecule has 1 saturated heterocycles. The van der Waals surface area contributed by atoms with Gasteiger partial charge in [0.2, 0.25) is 0 Å². The predicted molar refractivity (Wildman–Crippen MR) is 97.3 cm³/mol. The molecule has 1 amide bonds. The van der Waals surface area contributed by atoms with Crippen molar-refractivity contribution in [3.63, 3.8) is 0 Å². The van der Waals surface area contributed by atoms with Crippen molar-refractivity contribution in [3.05, 3.63) is 45.7 Å². The summed E-state index contributed by atoms with van der Waals surface area (Å²) in [4.78, 5) is 41.7. The van der Waals surface area contributed by atoms with Crippen LogP contribution in [0.15, 0.2) is 17.3 Å². The molecule has 2 aliphatic rings. The molecule has 0 saturated carbocycles. The van der Waals surface area contributed by atoms with Gasteiger partial charge in [0.15, 0.2) is 0 Å². The Morgan fingerprint density at radius 2 is 1.96 bits per heavy atom. The van der Waals surface area contributed by atoms with Crippen molar-refractivity contribution in [1.29, 1.82) is 0 Å². The molecule has 2 N–H and O–H groups in total. The summed E-state index contributed by atoms with van der Waals surface area (Å²) in [5, 5.41) is 0. The summed E-state index contributed by atoms with van der Waals surface area (Å²) in [6.07, 6.45) is 6.50. The normalized spacial score (nSPS) is 19.0. The van der Waals surface area contributed by atoms with E-state index in [-0.39, 0.29) is 22.3 Å². The number of carbonyl (C=O) groups excluding carboxylic acids is 1. The van der Waals surface area contributed by atoms with Crippen LogP contribution in [0.1, 0.15) is 67.6 Å². The van der Waals surface area contributed by atoms with Crippen molar-refractivity contribution < 1.29 is 4.79 Å². The van der Waals surface area contributed by atoms with Crippen molar-refractivity contribution in [2.45, 2.75) is 57.3 Å². The summed E-state index contributed by atoms with van der Waals surface area (Å²) in [7, 11) is 0. The van der Waals surface area contributed by atoms with Gasteiger partial charge in [0.25, 0.3) is 11.5 Å². The van der Waals surface area contributed by atoms with E-state index in [0.717, 1.165) is 42.8 Å². The van der Waals surface area contributed by atoms with Crippen LogP contribution in [0.3, 0.4) is 0 Å². The third kappa shape index (κ3) is 2.66. The van der Waals surface area contributed by atoms with Crippen LogP contribution in [0.5, 0.6) is 0 Å². The molecule has 0 atom stereocenters. The second-order valence-corrected chi connectivity index (χ2v) is 8.53. The number of hydrogen-bond acceptors (Lipinski definition) is 4. The highest BCUT2D eigenvalue weighted by atomic mass is 16.2. The van der Waals surface area contributed by atoms with E-state index in [1.54, 1.807) is 6.20 Å². The van der Waals surface area contributed by atoms with Crippen LogP contribution < -0.4 is 5.56 Å². The monoisotopic (exact) mass is 355 g/mol. The number of likely N-dealkylation sites (tertiary alicyclic amines) is 1. The molecule has 4 rings (SSSR count). The molecule has 0 unspecified atom stereocenters. The van der Waals surface area contributed by atoms with Gasteiger partial charge in [-0.1, -0.05) is 20.8 Å². The number of amides is 1. The van der Waals surface area contributed by atoms with Crippen LogP contribution in [-0.4, -0.2) is 43.8 Å². The Bertz CT molecular complexity index is 884. The Kier molecular flexibility index (Phi) is 3.78. The number of nitrogens with one attached hydrogen (secondary N) is 2. The second-order valence-electron chi connectivity index (χ2n) is 8.53. The molecule has 1 aliphatic heterocycles. The number of hydrogen-bond donors (Lipinski definition) is 2. The Morgan fingerprint density at radius 1 is 1.23 bits per heavy atom. The highest BCUT2D eigenvalue weighted by Crippen LogP contribution is 2.44. The fourth-order valence-electron chi connectivity index (χ4n) is 4.17. The highest BCUT2D eigenvalue weighted by molar-refractivity contribution is 5.92. The van der Waals surface area contributed by atoms with Gasteiger partial charge >= 0.3 is 0 Å². The number of nitrogens with zero attached hydrogens (tertiary/aromatic N) is 3. The number of carbonyl (C=O) groups is 1. The number of aromatic amines is 2. The summed E-state index contributed by atoms with van der Waals surface area (Å²) in [5.41, 5.74) is 2.07. The summed E-state index contributed by atoms with van der Waals surface area (Å²) in [5.74, 6) is 0.739. The van der Waals surface area contributed by atoms with Gasteiger partial charge in [0, 0.05) is 29.5 Å². The number of H-pyrrole nitrogens is 2. The quantitative estimate of drug-likeness (QED) is 0.817. The van der Waals surface area contributed by atoms with Gasteiger partial charge in [-0.05, 0) is 25.7 Å². The maximum Gasteiger partial charge on any atom is 0.271 e. The lowest BCUT2D eigenvalue weighted by Crippen LogP contribution is -2.45. The first-order chi connectivity index (χ1) is 12.3. The molecule has 3 heterocycles. The number of rotatable bonds is 1. The van der Waals surface area contributed by atoms with Gasteiger partial charge in [-0.2, -0.15) is 0 Å². The lowest BCUT2D eigenvalue weighted by atomic mass is 9.76. The molecule has 7 nitrogen and oxygen atoms in total. The van der Waals surface area contributed by atoms with E-state index in [1.807, 2.05) is 4.90 Å². The molecule has 0 aromatic carbocycles.